The highest BCUT2D eigenvalue weighted by atomic mass is 16.6. The molecule has 0 fully saturated rings. The molecule has 21 heavy (non-hydrogen) atoms. The van der Waals surface area contributed by atoms with Crippen LogP contribution in [0, 0.1) is 10.1 Å². The monoisotopic (exact) mass is 283 g/mol. The van der Waals surface area contributed by atoms with Crippen LogP contribution in [0.3, 0.4) is 0 Å². The van der Waals surface area contributed by atoms with Gasteiger partial charge < -0.3 is 9.52 Å². The van der Waals surface area contributed by atoms with Gasteiger partial charge in [-0.05, 0) is 18.2 Å². The number of phenolic OH excluding ortho intramolecular Hbond substituents is 1. The van der Waals surface area contributed by atoms with Gasteiger partial charge in [-0.3, -0.25) is 10.1 Å². The zero-order chi connectivity index (χ0) is 15.0. The zero-order valence-electron chi connectivity index (χ0n) is 10.6. The maximum absolute atomic E-state index is 11.7. The van der Waals surface area contributed by atoms with E-state index in [9.17, 15) is 20.0 Å². The summed E-state index contributed by atoms with van der Waals surface area (Å²) in [5.74, 6) is -0.0506. The van der Waals surface area contributed by atoms with Gasteiger partial charge >= 0.3 is 5.63 Å². The molecule has 0 spiro atoms. The minimum Gasteiger partial charge on any atom is -0.508 e. The molecule has 0 unspecified atom stereocenters. The molecule has 0 aliphatic carbocycles. The van der Waals surface area contributed by atoms with Crippen LogP contribution in [0.25, 0.3) is 22.1 Å². The molecular weight excluding hydrogens is 274 g/mol. The Hall–Kier alpha value is -3.15. The SMILES string of the molecule is O=c1cc(-c2ccccc2[N+](=O)[O-])c2ccc(O)cc2o1. The molecule has 104 valence electrons. The Labute approximate surface area is 118 Å². The van der Waals surface area contributed by atoms with Crippen molar-refractivity contribution in [2.75, 3.05) is 0 Å². The predicted molar refractivity (Wildman–Crippen MR) is 76.2 cm³/mol. The van der Waals surface area contributed by atoms with Crippen molar-refractivity contribution in [2.45, 2.75) is 0 Å². The van der Waals surface area contributed by atoms with Crippen LogP contribution in [0.15, 0.2) is 57.7 Å². The molecule has 0 aliphatic rings. The molecule has 0 atom stereocenters. The summed E-state index contributed by atoms with van der Waals surface area (Å²) in [6, 6.07) is 11.6. The average molecular weight is 283 g/mol. The van der Waals surface area contributed by atoms with Gasteiger partial charge in [0.2, 0.25) is 0 Å². The van der Waals surface area contributed by atoms with Gasteiger partial charge in [-0.25, -0.2) is 4.79 Å². The van der Waals surface area contributed by atoms with Crippen molar-refractivity contribution in [1.82, 2.24) is 0 Å². The molecule has 2 aromatic carbocycles. The van der Waals surface area contributed by atoms with Gasteiger partial charge in [0.15, 0.2) is 0 Å². The Morgan fingerprint density at radius 3 is 2.57 bits per heavy atom. The number of nitrogens with zero attached hydrogens (tertiary/aromatic N) is 1. The lowest BCUT2D eigenvalue weighted by atomic mass is 10.0. The summed E-state index contributed by atoms with van der Waals surface area (Å²) in [7, 11) is 0. The fourth-order valence-corrected chi connectivity index (χ4v) is 2.23. The molecule has 0 saturated heterocycles. The third-order valence-corrected chi connectivity index (χ3v) is 3.12. The molecule has 0 radical (unpaired) electrons. The molecule has 1 N–H and O–H groups in total. The second-order valence-electron chi connectivity index (χ2n) is 4.43. The van der Waals surface area contributed by atoms with Crippen LogP contribution in [-0.2, 0) is 0 Å². The summed E-state index contributed by atoms with van der Waals surface area (Å²) in [6.07, 6.45) is 0. The van der Waals surface area contributed by atoms with Crippen LogP contribution in [0.2, 0.25) is 0 Å². The first-order valence-electron chi connectivity index (χ1n) is 6.07. The molecule has 1 heterocycles. The predicted octanol–water partition coefficient (Wildman–Crippen LogP) is 3.07. The van der Waals surface area contributed by atoms with E-state index >= 15 is 0 Å². The Balaban J connectivity index is 2.41. The number of phenols is 1. The van der Waals surface area contributed by atoms with Crippen molar-refractivity contribution in [3.63, 3.8) is 0 Å². The highest BCUT2D eigenvalue weighted by Crippen LogP contribution is 2.34. The van der Waals surface area contributed by atoms with E-state index in [0.29, 0.717) is 16.5 Å². The van der Waals surface area contributed by atoms with Gasteiger partial charge in [0.05, 0.1) is 10.5 Å². The van der Waals surface area contributed by atoms with E-state index in [4.69, 9.17) is 4.42 Å². The third-order valence-electron chi connectivity index (χ3n) is 3.12. The molecule has 3 rings (SSSR count). The van der Waals surface area contributed by atoms with E-state index in [0.717, 1.165) is 0 Å². The van der Waals surface area contributed by atoms with E-state index < -0.39 is 10.5 Å². The molecular formula is C15H9NO5. The van der Waals surface area contributed by atoms with Crippen molar-refractivity contribution in [1.29, 1.82) is 0 Å². The number of nitro groups is 1. The highest BCUT2D eigenvalue weighted by Gasteiger charge is 2.17. The second kappa shape index (κ2) is 4.75. The topological polar surface area (TPSA) is 93.6 Å². The quantitative estimate of drug-likeness (QED) is 0.443. The molecule has 1 aromatic heterocycles. The van der Waals surface area contributed by atoms with Crippen molar-refractivity contribution in [3.8, 4) is 16.9 Å². The Morgan fingerprint density at radius 2 is 1.81 bits per heavy atom. The van der Waals surface area contributed by atoms with Gasteiger partial charge in [-0.1, -0.05) is 12.1 Å². The first-order chi connectivity index (χ1) is 10.1. The van der Waals surface area contributed by atoms with E-state index in [-0.39, 0.29) is 17.0 Å². The minimum atomic E-state index is -0.638. The van der Waals surface area contributed by atoms with Gasteiger partial charge in [-0.2, -0.15) is 0 Å². The van der Waals surface area contributed by atoms with Crippen molar-refractivity contribution in [2.24, 2.45) is 0 Å². The number of para-hydroxylation sites is 1. The first kappa shape index (κ1) is 12.9. The third kappa shape index (κ3) is 2.23. The molecule has 0 bridgehead atoms. The number of aromatic hydroxyl groups is 1. The number of hydrogen-bond donors (Lipinski definition) is 1. The van der Waals surface area contributed by atoms with E-state index in [1.807, 2.05) is 0 Å². The maximum atomic E-state index is 11.7. The average Bonchev–Trinajstić information content (AvgIpc) is 2.45. The number of benzene rings is 2. The van der Waals surface area contributed by atoms with Crippen LogP contribution < -0.4 is 5.63 Å². The lowest BCUT2D eigenvalue weighted by Crippen LogP contribution is -1.99. The lowest BCUT2D eigenvalue weighted by molar-refractivity contribution is -0.384. The van der Waals surface area contributed by atoms with Crippen molar-refractivity contribution in [3.05, 3.63) is 69.1 Å². The highest BCUT2D eigenvalue weighted by molar-refractivity contribution is 5.96. The molecule has 0 amide bonds. The summed E-state index contributed by atoms with van der Waals surface area (Å²) in [4.78, 5) is 22.3. The molecule has 0 aliphatic heterocycles. The van der Waals surface area contributed by atoms with E-state index in [1.165, 1.54) is 24.3 Å². The summed E-state index contributed by atoms with van der Waals surface area (Å²) >= 11 is 0. The fourth-order valence-electron chi connectivity index (χ4n) is 2.23. The molecule has 0 saturated carbocycles. The van der Waals surface area contributed by atoms with Crippen LogP contribution in [0.5, 0.6) is 5.75 Å². The lowest BCUT2D eigenvalue weighted by Gasteiger charge is -2.06. The van der Waals surface area contributed by atoms with Crippen LogP contribution >= 0.6 is 0 Å². The largest absolute Gasteiger partial charge is 0.508 e. The minimum absolute atomic E-state index is 0.0506. The summed E-state index contributed by atoms with van der Waals surface area (Å²) in [6.45, 7) is 0. The standard InChI is InChI=1S/C15H9NO5/c17-9-5-6-11-12(8-15(18)21-14(11)7-9)10-3-1-2-4-13(10)16(19)20/h1-8,17H. The van der Waals surface area contributed by atoms with E-state index in [2.05, 4.69) is 0 Å². The Morgan fingerprint density at radius 1 is 1.05 bits per heavy atom. The second-order valence-corrected chi connectivity index (χ2v) is 4.43. The van der Waals surface area contributed by atoms with Crippen molar-refractivity contribution < 1.29 is 14.4 Å². The summed E-state index contributed by atoms with van der Waals surface area (Å²) in [5.41, 5.74) is 0.161. The van der Waals surface area contributed by atoms with Crippen LogP contribution in [-0.4, -0.2) is 10.0 Å². The van der Waals surface area contributed by atoms with Gasteiger partial charge in [-0.15, -0.1) is 0 Å². The molecule has 3 aromatic rings. The van der Waals surface area contributed by atoms with Gasteiger partial charge in [0.1, 0.15) is 11.3 Å². The maximum Gasteiger partial charge on any atom is 0.336 e. The first-order valence-corrected chi connectivity index (χ1v) is 6.07. The molecule has 6 heteroatoms. The Bertz CT molecular complexity index is 913. The zero-order valence-corrected chi connectivity index (χ0v) is 10.6. The summed E-state index contributed by atoms with van der Waals surface area (Å²) in [5, 5.41) is 21.1. The van der Waals surface area contributed by atoms with Gasteiger partial charge in [0.25, 0.3) is 5.69 Å². The molecule has 6 nitrogen and oxygen atoms in total. The Kier molecular flexibility index (Phi) is 2.91. The van der Waals surface area contributed by atoms with Crippen LogP contribution in [0.1, 0.15) is 0 Å². The normalized spacial score (nSPS) is 10.7. The smallest absolute Gasteiger partial charge is 0.336 e. The number of fused-ring (bicyclic) bond motifs is 1. The van der Waals surface area contributed by atoms with Gasteiger partial charge in [0, 0.05) is 29.1 Å². The number of nitro benzene ring substituents is 1. The van der Waals surface area contributed by atoms with Crippen LogP contribution in [0.4, 0.5) is 5.69 Å². The fraction of sp³-hybridized carbons (Fsp3) is 0. The number of hydrogen-bond acceptors (Lipinski definition) is 5. The summed E-state index contributed by atoms with van der Waals surface area (Å²) < 4.78 is 5.02. The van der Waals surface area contributed by atoms with Crippen molar-refractivity contribution >= 4 is 16.7 Å². The number of rotatable bonds is 2. The van der Waals surface area contributed by atoms with E-state index in [1.54, 1.807) is 24.3 Å².